The van der Waals surface area contributed by atoms with Crippen LogP contribution in [0.15, 0.2) is 34.9 Å². The molecule has 1 aromatic heterocycles. The van der Waals surface area contributed by atoms with Gasteiger partial charge in [0.15, 0.2) is 0 Å². The highest BCUT2D eigenvalue weighted by Gasteiger charge is 2.25. The van der Waals surface area contributed by atoms with Crippen molar-refractivity contribution in [1.82, 2.24) is 10.2 Å². The lowest BCUT2D eigenvalue weighted by atomic mass is 10.1. The number of hydrogen-bond acceptors (Lipinski definition) is 5. The molecule has 0 unspecified atom stereocenters. The molecule has 0 aliphatic carbocycles. The molecule has 5 nitrogen and oxygen atoms in total. The Morgan fingerprint density at radius 3 is 2.86 bits per heavy atom. The van der Waals surface area contributed by atoms with Crippen molar-refractivity contribution in [3.63, 3.8) is 0 Å². The lowest BCUT2D eigenvalue weighted by molar-refractivity contribution is 0.142. The first kappa shape index (κ1) is 19.3. The smallest absolute Gasteiger partial charge is 0.124 e. The molecule has 2 atom stereocenters. The predicted octanol–water partition coefficient (Wildman–Crippen LogP) is 4.32. The molecule has 0 amide bonds. The number of fused-ring (bicyclic) bond motifs is 1. The van der Waals surface area contributed by atoms with E-state index >= 15 is 0 Å². The summed E-state index contributed by atoms with van der Waals surface area (Å²) in [5, 5.41) is 3.65. The molecular weight excluding hydrogens is 352 g/mol. The zero-order valence-corrected chi connectivity index (χ0v) is 17.1. The van der Waals surface area contributed by atoms with Crippen molar-refractivity contribution in [3.05, 3.63) is 47.4 Å². The van der Waals surface area contributed by atoms with Crippen LogP contribution in [0.25, 0.3) is 0 Å². The summed E-state index contributed by atoms with van der Waals surface area (Å²) >= 11 is 0. The quantitative estimate of drug-likeness (QED) is 0.734. The van der Waals surface area contributed by atoms with E-state index in [4.69, 9.17) is 13.9 Å². The Balaban J connectivity index is 1.45. The molecule has 0 radical (unpaired) electrons. The summed E-state index contributed by atoms with van der Waals surface area (Å²) in [4.78, 5) is 2.55. The molecule has 2 aromatic rings. The highest BCUT2D eigenvalue weighted by Crippen LogP contribution is 2.35. The number of hydrogen-bond donors (Lipinski definition) is 1. The highest BCUT2D eigenvalue weighted by atomic mass is 16.5. The molecule has 152 valence electrons. The van der Waals surface area contributed by atoms with Gasteiger partial charge in [0.1, 0.15) is 23.4 Å². The standard InChI is InChI=1S/C23H32N2O3/c1-3-26-22-13-18-12-17(2)28-23(18)14-19(22)15-24-16-20(21-8-7-11-27-21)25-9-5-4-6-10-25/h7-8,11,13-14,17,20,24H,3-6,9-10,12,15-16H2,1-2H3/t17-,20-/m1/s1. The van der Waals surface area contributed by atoms with E-state index in [1.165, 1.54) is 24.8 Å². The molecule has 2 aliphatic rings. The molecule has 0 saturated carbocycles. The fourth-order valence-corrected chi connectivity index (χ4v) is 4.37. The number of furan rings is 1. The lowest BCUT2D eigenvalue weighted by Crippen LogP contribution is -2.38. The molecule has 0 bridgehead atoms. The molecule has 5 heteroatoms. The van der Waals surface area contributed by atoms with Crippen LogP contribution in [-0.2, 0) is 13.0 Å². The van der Waals surface area contributed by atoms with Crippen molar-refractivity contribution in [2.24, 2.45) is 0 Å². The maximum absolute atomic E-state index is 5.96. The highest BCUT2D eigenvalue weighted by molar-refractivity contribution is 5.48. The molecule has 3 heterocycles. The Morgan fingerprint density at radius 2 is 2.11 bits per heavy atom. The summed E-state index contributed by atoms with van der Waals surface area (Å²) in [6.07, 6.45) is 6.85. The first-order valence-corrected chi connectivity index (χ1v) is 10.7. The van der Waals surface area contributed by atoms with E-state index in [1.807, 2.05) is 13.0 Å². The van der Waals surface area contributed by atoms with Gasteiger partial charge in [0.2, 0.25) is 0 Å². The van der Waals surface area contributed by atoms with Crippen molar-refractivity contribution in [2.75, 3.05) is 26.2 Å². The Kier molecular flexibility index (Phi) is 6.23. The van der Waals surface area contributed by atoms with E-state index in [0.29, 0.717) is 6.61 Å². The first-order chi connectivity index (χ1) is 13.7. The van der Waals surface area contributed by atoms with Crippen LogP contribution < -0.4 is 14.8 Å². The molecule has 4 rings (SSSR count). The van der Waals surface area contributed by atoms with Crippen LogP contribution in [-0.4, -0.2) is 37.2 Å². The van der Waals surface area contributed by atoms with Gasteiger partial charge in [0.25, 0.3) is 0 Å². The lowest BCUT2D eigenvalue weighted by Gasteiger charge is -2.33. The molecule has 1 aromatic carbocycles. The maximum Gasteiger partial charge on any atom is 0.124 e. The summed E-state index contributed by atoms with van der Waals surface area (Å²) in [5.74, 6) is 3.02. The minimum atomic E-state index is 0.245. The first-order valence-electron chi connectivity index (χ1n) is 10.7. The van der Waals surface area contributed by atoms with E-state index in [1.54, 1.807) is 6.26 Å². The van der Waals surface area contributed by atoms with Crippen molar-refractivity contribution in [2.45, 2.75) is 58.2 Å². The van der Waals surface area contributed by atoms with Gasteiger partial charge in [0.05, 0.1) is 18.9 Å². The number of ether oxygens (including phenoxy) is 2. The Bertz CT molecular complexity index is 753. The maximum atomic E-state index is 5.96. The van der Waals surface area contributed by atoms with E-state index in [9.17, 15) is 0 Å². The van der Waals surface area contributed by atoms with Crippen LogP contribution in [0.1, 0.15) is 56.0 Å². The molecule has 1 N–H and O–H groups in total. The second kappa shape index (κ2) is 9.01. The van der Waals surface area contributed by atoms with Gasteiger partial charge >= 0.3 is 0 Å². The summed E-state index contributed by atoms with van der Waals surface area (Å²) in [6, 6.07) is 8.67. The molecular formula is C23H32N2O3. The summed E-state index contributed by atoms with van der Waals surface area (Å²) in [7, 11) is 0. The van der Waals surface area contributed by atoms with Gasteiger partial charge in [-0.05, 0) is 64.0 Å². The SMILES string of the molecule is CCOc1cc2c(cc1CNC[C@H](c1ccco1)N1CCCCC1)O[C@H](C)C2. The van der Waals surface area contributed by atoms with Crippen LogP contribution >= 0.6 is 0 Å². The van der Waals surface area contributed by atoms with E-state index in [0.717, 1.165) is 55.4 Å². The zero-order valence-electron chi connectivity index (χ0n) is 17.1. The summed E-state index contributed by atoms with van der Waals surface area (Å²) < 4.78 is 17.6. The van der Waals surface area contributed by atoms with E-state index in [2.05, 4.69) is 35.3 Å². The van der Waals surface area contributed by atoms with E-state index in [-0.39, 0.29) is 12.1 Å². The normalized spacial score (nSPS) is 20.6. The molecule has 28 heavy (non-hydrogen) atoms. The monoisotopic (exact) mass is 384 g/mol. The Hall–Kier alpha value is -1.98. The summed E-state index contributed by atoms with van der Waals surface area (Å²) in [6.45, 7) is 8.71. The van der Waals surface area contributed by atoms with Crippen LogP contribution in [0, 0.1) is 0 Å². The van der Waals surface area contributed by atoms with Crippen LogP contribution in [0.2, 0.25) is 0 Å². The van der Waals surface area contributed by atoms with E-state index < -0.39 is 0 Å². The van der Waals surface area contributed by atoms with Gasteiger partial charge in [-0.25, -0.2) is 0 Å². The van der Waals surface area contributed by atoms with Gasteiger partial charge in [-0.3, -0.25) is 4.90 Å². The minimum absolute atomic E-state index is 0.245. The van der Waals surface area contributed by atoms with Gasteiger partial charge in [-0.2, -0.15) is 0 Å². The van der Waals surface area contributed by atoms with Gasteiger partial charge < -0.3 is 19.2 Å². The average Bonchev–Trinajstić information content (AvgIpc) is 3.35. The second-order valence-electron chi connectivity index (χ2n) is 7.89. The third-order valence-corrected chi connectivity index (χ3v) is 5.74. The fourth-order valence-electron chi connectivity index (χ4n) is 4.37. The van der Waals surface area contributed by atoms with Gasteiger partial charge in [-0.15, -0.1) is 0 Å². The van der Waals surface area contributed by atoms with Gasteiger partial charge in [0, 0.05) is 30.6 Å². The largest absolute Gasteiger partial charge is 0.494 e. The fraction of sp³-hybridized carbons (Fsp3) is 0.565. The van der Waals surface area contributed by atoms with Crippen molar-refractivity contribution >= 4 is 0 Å². The number of rotatable bonds is 8. The van der Waals surface area contributed by atoms with Crippen LogP contribution in [0.5, 0.6) is 11.5 Å². The number of benzene rings is 1. The average molecular weight is 385 g/mol. The summed E-state index contributed by atoms with van der Waals surface area (Å²) in [5.41, 5.74) is 2.41. The number of piperidine rings is 1. The number of nitrogens with zero attached hydrogens (tertiary/aromatic N) is 1. The van der Waals surface area contributed by atoms with Crippen LogP contribution in [0.4, 0.5) is 0 Å². The Labute approximate surface area is 168 Å². The predicted molar refractivity (Wildman–Crippen MR) is 110 cm³/mol. The number of likely N-dealkylation sites (tertiary alicyclic amines) is 1. The molecule has 2 aliphatic heterocycles. The molecule has 1 saturated heterocycles. The Morgan fingerprint density at radius 1 is 1.25 bits per heavy atom. The van der Waals surface area contributed by atoms with Crippen molar-refractivity contribution in [3.8, 4) is 11.5 Å². The number of nitrogens with one attached hydrogen (secondary N) is 1. The third kappa shape index (κ3) is 4.36. The van der Waals surface area contributed by atoms with Crippen LogP contribution in [0.3, 0.4) is 0 Å². The topological polar surface area (TPSA) is 46.9 Å². The van der Waals surface area contributed by atoms with Gasteiger partial charge in [-0.1, -0.05) is 6.42 Å². The van der Waals surface area contributed by atoms with Crippen molar-refractivity contribution in [1.29, 1.82) is 0 Å². The van der Waals surface area contributed by atoms with Crippen molar-refractivity contribution < 1.29 is 13.9 Å². The second-order valence-corrected chi connectivity index (χ2v) is 7.89. The third-order valence-electron chi connectivity index (χ3n) is 5.74. The molecule has 0 spiro atoms. The minimum Gasteiger partial charge on any atom is -0.494 e. The molecule has 1 fully saturated rings. The zero-order chi connectivity index (χ0) is 19.3.